The Kier molecular flexibility index (Phi) is 5.23. The van der Waals surface area contributed by atoms with Crippen molar-refractivity contribution in [3.8, 4) is 11.1 Å². The minimum atomic E-state index is 0.339. The summed E-state index contributed by atoms with van der Waals surface area (Å²) in [7, 11) is 4.37. The Labute approximate surface area is 181 Å². The van der Waals surface area contributed by atoms with Crippen LogP contribution in [-0.2, 0) is 12.8 Å². The van der Waals surface area contributed by atoms with E-state index in [1.807, 2.05) is 0 Å². The summed E-state index contributed by atoms with van der Waals surface area (Å²) in [4.78, 5) is 15.0. The van der Waals surface area contributed by atoms with E-state index in [-0.39, 0.29) is 0 Å². The summed E-state index contributed by atoms with van der Waals surface area (Å²) in [6.07, 6.45) is 7.30. The summed E-state index contributed by atoms with van der Waals surface area (Å²) < 4.78 is 0. The first-order chi connectivity index (χ1) is 14.1. The third-order valence-corrected chi connectivity index (χ3v) is 7.66. The Morgan fingerprint density at radius 2 is 1.86 bits per heavy atom. The van der Waals surface area contributed by atoms with E-state index in [0.29, 0.717) is 11.3 Å². The van der Waals surface area contributed by atoms with Gasteiger partial charge >= 0.3 is 0 Å². The van der Waals surface area contributed by atoms with Gasteiger partial charge in [-0.25, -0.2) is 4.98 Å². The lowest BCUT2D eigenvalue weighted by atomic mass is 9.89. The number of hydrogen-bond acceptors (Lipinski definition) is 5. The number of nitrogens with zero attached hydrogens (tertiary/aromatic N) is 4. The second-order valence-corrected chi connectivity index (χ2v) is 9.68. The normalized spacial score (nSPS) is 18.2. The summed E-state index contributed by atoms with van der Waals surface area (Å²) in [5.74, 6) is 0.975. The Morgan fingerprint density at radius 1 is 1.10 bits per heavy atom. The van der Waals surface area contributed by atoms with E-state index in [1.165, 1.54) is 47.9 Å². The molecular weight excluding hydrogens is 400 g/mol. The minimum Gasteiger partial charge on any atom is -0.356 e. The maximum atomic E-state index is 6.33. The van der Waals surface area contributed by atoms with Crippen molar-refractivity contribution in [2.24, 2.45) is 0 Å². The van der Waals surface area contributed by atoms with Crippen molar-refractivity contribution in [3.63, 3.8) is 0 Å². The Bertz CT molecular complexity index is 1040. The summed E-state index contributed by atoms with van der Waals surface area (Å²) in [5, 5.41) is 3.72. The maximum Gasteiger partial charge on any atom is 0.225 e. The van der Waals surface area contributed by atoms with E-state index in [9.17, 15) is 0 Å². The average Bonchev–Trinajstić information content (AvgIpc) is 3.16. The Morgan fingerprint density at radius 3 is 2.66 bits per heavy atom. The minimum absolute atomic E-state index is 0.339. The molecule has 2 aliphatic rings. The molecule has 6 heteroatoms. The summed E-state index contributed by atoms with van der Waals surface area (Å²) in [6.45, 7) is 2.25. The van der Waals surface area contributed by atoms with Crippen LogP contribution in [0.4, 0.5) is 5.82 Å². The number of rotatable bonds is 3. The first kappa shape index (κ1) is 19.3. The van der Waals surface area contributed by atoms with Gasteiger partial charge in [-0.3, -0.25) is 0 Å². The molecule has 0 N–H and O–H groups in total. The topological polar surface area (TPSA) is 32.3 Å². The fourth-order valence-corrected chi connectivity index (χ4v) is 5.98. The van der Waals surface area contributed by atoms with E-state index in [4.69, 9.17) is 16.6 Å². The molecule has 1 fully saturated rings. The lowest BCUT2D eigenvalue weighted by Crippen LogP contribution is -2.42. The van der Waals surface area contributed by atoms with Crippen molar-refractivity contribution in [2.45, 2.75) is 44.6 Å². The molecule has 29 heavy (non-hydrogen) atoms. The Balaban J connectivity index is 1.59. The highest BCUT2D eigenvalue weighted by Gasteiger charge is 2.25. The third kappa shape index (κ3) is 3.65. The molecule has 152 valence electrons. The van der Waals surface area contributed by atoms with Crippen molar-refractivity contribution in [3.05, 3.63) is 40.0 Å². The molecule has 0 amide bonds. The van der Waals surface area contributed by atoms with Gasteiger partial charge in [-0.2, -0.15) is 4.98 Å². The van der Waals surface area contributed by atoms with Gasteiger partial charge in [0, 0.05) is 24.0 Å². The molecule has 0 spiro atoms. The first-order valence-corrected chi connectivity index (χ1v) is 11.8. The van der Waals surface area contributed by atoms with Crippen molar-refractivity contribution in [1.29, 1.82) is 0 Å². The smallest absolute Gasteiger partial charge is 0.225 e. The highest BCUT2D eigenvalue weighted by molar-refractivity contribution is 7.17. The number of aryl methyl sites for hydroxylation is 2. The molecule has 3 aromatic rings. The lowest BCUT2D eigenvalue weighted by molar-refractivity contribution is 0.252. The summed E-state index contributed by atoms with van der Waals surface area (Å²) >= 11 is 8.00. The highest BCUT2D eigenvalue weighted by Crippen LogP contribution is 2.40. The Hall–Kier alpha value is -1.69. The molecule has 0 unspecified atom stereocenters. The third-order valence-electron chi connectivity index (χ3n) is 6.62. The fourth-order valence-electron chi connectivity index (χ4n) is 4.82. The molecule has 0 atom stereocenters. The molecule has 3 heterocycles. The molecule has 1 aliphatic carbocycles. The number of likely N-dealkylation sites (tertiary alicyclic amines) is 1. The predicted molar refractivity (Wildman–Crippen MR) is 123 cm³/mol. The molecule has 0 saturated carbocycles. The first-order valence-electron chi connectivity index (χ1n) is 10.6. The number of halogens is 1. The predicted octanol–water partition coefficient (Wildman–Crippen LogP) is 5.42. The van der Waals surface area contributed by atoms with Gasteiger partial charge in [0.25, 0.3) is 0 Å². The van der Waals surface area contributed by atoms with Crippen LogP contribution in [0.15, 0.2) is 23.6 Å². The zero-order chi connectivity index (χ0) is 20.0. The second-order valence-electron chi connectivity index (χ2n) is 8.48. The van der Waals surface area contributed by atoms with Crippen molar-refractivity contribution in [2.75, 3.05) is 32.1 Å². The molecule has 1 saturated heterocycles. The van der Waals surface area contributed by atoms with Crippen LogP contribution in [-0.4, -0.2) is 48.1 Å². The molecule has 2 aromatic heterocycles. The van der Waals surface area contributed by atoms with Crippen LogP contribution in [0, 0.1) is 0 Å². The highest BCUT2D eigenvalue weighted by atomic mass is 35.5. The van der Waals surface area contributed by atoms with Gasteiger partial charge < -0.3 is 9.80 Å². The molecule has 0 radical (unpaired) electrons. The van der Waals surface area contributed by atoms with E-state index < -0.39 is 0 Å². The van der Waals surface area contributed by atoms with Gasteiger partial charge in [0.1, 0.15) is 10.6 Å². The maximum absolute atomic E-state index is 6.33. The number of fused-ring (bicyclic) bond motifs is 2. The van der Waals surface area contributed by atoms with Gasteiger partial charge in [0.05, 0.1) is 5.39 Å². The van der Waals surface area contributed by atoms with E-state index in [2.05, 4.69) is 52.5 Å². The number of piperidine rings is 1. The SMILES string of the molecule is CN1CCC(N(C)c2nc(Cl)nc3scc(-c4ccc5c(c4)CCCC5)c23)CC1. The number of hydrogen-bond donors (Lipinski definition) is 0. The number of thiophene rings is 1. The van der Waals surface area contributed by atoms with E-state index in [1.54, 1.807) is 11.3 Å². The largest absolute Gasteiger partial charge is 0.356 e. The van der Waals surface area contributed by atoms with Gasteiger partial charge in [0.2, 0.25) is 5.28 Å². The zero-order valence-corrected chi connectivity index (χ0v) is 18.7. The second kappa shape index (κ2) is 7.86. The quantitative estimate of drug-likeness (QED) is 0.523. The van der Waals surface area contributed by atoms with Gasteiger partial charge in [-0.1, -0.05) is 18.2 Å². The zero-order valence-electron chi connectivity index (χ0n) is 17.1. The molecule has 0 bridgehead atoms. The van der Waals surface area contributed by atoms with Crippen LogP contribution in [0.3, 0.4) is 0 Å². The standard InChI is InChI=1S/C23H27ClN4S/c1-27-11-9-18(10-12-27)28(2)21-20-19(14-29-22(20)26-23(24)25-21)17-8-7-15-5-3-4-6-16(15)13-17/h7-8,13-14,18H,3-6,9-12H2,1-2H3. The van der Waals surface area contributed by atoms with Crippen LogP contribution in [0.25, 0.3) is 21.3 Å². The fraction of sp³-hybridized carbons (Fsp3) is 0.478. The van der Waals surface area contributed by atoms with Crippen molar-refractivity contribution in [1.82, 2.24) is 14.9 Å². The van der Waals surface area contributed by atoms with Gasteiger partial charge in [-0.15, -0.1) is 11.3 Å². The molecule has 1 aromatic carbocycles. The molecule has 4 nitrogen and oxygen atoms in total. The molecule has 1 aliphatic heterocycles. The van der Waals surface area contributed by atoms with E-state index >= 15 is 0 Å². The van der Waals surface area contributed by atoms with Gasteiger partial charge in [0.15, 0.2) is 0 Å². The van der Waals surface area contributed by atoms with Crippen LogP contribution < -0.4 is 4.90 Å². The average molecular weight is 427 g/mol. The lowest BCUT2D eigenvalue weighted by Gasteiger charge is -2.36. The van der Waals surface area contributed by atoms with E-state index in [0.717, 1.165) is 42.0 Å². The number of anilines is 1. The van der Waals surface area contributed by atoms with Crippen LogP contribution in [0.2, 0.25) is 5.28 Å². The summed E-state index contributed by atoms with van der Waals surface area (Å²) in [5.41, 5.74) is 5.54. The van der Waals surface area contributed by atoms with Crippen LogP contribution in [0.1, 0.15) is 36.8 Å². The van der Waals surface area contributed by atoms with Crippen LogP contribution >= 0.6 is 22.9 Å². The number of aromatic nitrogens is 2. The number of benzene rings is 1. The van der Waals surface area contributed by atoms with Gasteiger partial charge in [-0.05, 0) is 87.0 Å². The van der Waals surface area contributed by atoms with Crippen LogP contribution in [0.5, 0.6) is 0 Å². The van der Waals surface area contributed by atoms with Crippen molar-refractivity contribution < 1.29 is 0 Å². The van der Waals surface area contributed by atoms with Crippen molar-refractivity contribution >= 4 is 39.0 Å². The molecular formula is C23H27ClN4S. The summed E-state index contributed by atoms with van der Waals surface area (Å²) in [6, 6.07) is 7.48. The molecule has 5 rings (SSSR count). The monoisotopic (exact) mass is 426 g/mol.